The smallest absolute Gasteiger partial charge is 0.339 e. The van der Waals surface area contributed by atoms with Crippen molar-refractivity contribution in [2.45, 2.75) is 20.0 Å². The van der Waals surface area contributed by atoms with Gasteiger partial charge in [0.2, 0.25) is 6.10 Å². The molecule has 1 atom stereocenters. The van der Waals surface area contributed by atoms with Crippen LogP contribution in [0.15, 0.2) is 48.5 Å². The average Bonchev–Trinajstić information content (AvgIpc) is 3.05. The first-order valence-corrected chi connectivity index (χ1v) is 9.76. The minimum absolute atomic E-state index is 0.220. The molecule has 29 heavy (non-hydrogen) atoms. The molecule has 1 aliphatic heterocycles. The van der Waals surface area contributed by atoms with Gasteiger partial charge in [0.15, 0.2) is 0 Å². The number of hydrogen-bond acceptors (Lipinski definition) is 4. The van der Waals surface area contributed by atoms with E-state index >= 15 is 0 Å². The van der Waals surface area contributed by atoms with Gasteiger partial charge in [0, 0.05) is 35.2 Å². The summed E-state index contributed by atoms with van der Waals surface area (Å²) in [6.07, 6.45) is -0.980. The van der Waals surface area contributed by atoms with Crippen molar-refractivity contribution < 1.29 is 19.1 Å². The summed E-state index contributed by atoms with van der Waals surface area (Å²) in [4.78, 5) is 31.1. The molecule has 4 rings (SSSR count). The number of benzene rings is 2. The molecule has 0 saturated carbocycles. The van der Waals surface area contributed by atoms with Crippen molar-refractivity contribution in [3.63, 3.8) is 0 Å². The molecular formula is C23H24N2O4. The first-order valence-electron chi connectivity index (χ1n) is 9.76. The van der Waals surface area contributed by atoms with Crippen LogP contribution in [0, 0.1) is 13.8 Å². The lowest BCUT2D eigenvalue weighted by Crippen LogP contribution is -2.44. The van der Waals surface area contributed by atoms with Gasteiger partial charge < -0.3 is 19.4 Å². The minimum atomic E-state index is -0.980. The number of morpholine rings is 1. The van der Waals surface area contributed by atoms with Crippen LogP contribution < -0.4 is 0 Å². The molecule has 0 spiro atoms. The van der Waals surface area contributed by atoms with Gasteiger partial charge in [0.05, 0.1) is 18.8 Å². The fourth-order valence-corrected chi connectivity index (χ4v) is 3.60. The number of rotatable bonds is 4. The largest absolute Gasteiger partial charge is 0.444 e. The fraction of sp³-hybridized carbons (Fsp3) is 0.304. The number of hydrogen-bond donors (Lipinski definition) is 1. The van der Waals surface area contributed by atoms with Crippen LogP contribution in [-0.4, -0.2) is 48.1 Å². The Balaban J connectivity index is 1.62. The predicted octanol–water partition coefficient (Wildman–Crippen LogP) is 3.54. The van der Waals surface area contributed by atoms with Crippen LogP contribution in [0.1, 0.15) is 33.3 Å². The van der Waals surface area contributed by atoms with E-state index < -0.39 is 12.1 Å². The lowest BCUT2D eigenvalue weighted by molar-refractivity contribution is -0.145. The molecule has 0 bridgehead atoms. The molecule has 1 saturated heterocycles. The van der Waals surface area contributed by atoms with E-state index in [1.54, 1.807) is 23.1 Å². The monoisotopic (exact) mass is 392 g/mol. The van der Waals surface area contributed by atoms with E-state index in [0.29, 0.717) is 37.4 Å². The molecule has 1 N–H and O–H groups in total. The second kappa shape index (κ2) is 8.09. The van der Waals surface area contributed by atoms with Crippen molar-refractivity contribution in [1.29, 1.82) is 0 Å². The van der Waals surface area contributed by atoms with Crippen LogP contribution in [0.25, 0.3) is 10.9 Å². The number of esters is 1. The molecule has 6 nitrogen and oxygen atoms in total. The lowest BCUT2D eigenvalue weighted by atomic mass is 10.1. The van der Waals surface area contributed by atoms with Crippen LogP contribution in [0.2, 0.25) is 0 Å². The molecule has 2 aromatic carbocycles. The number of nitrogens with one attached hydrogen (secondary N) is 1. The molecule has 1 amide bonds. The molecule has 150 valence electrons. The summed E-state index contributed by atoms with van der Waals surface area (Å²) in [5.41, 5.74) is 4.22. The van der Waals surface area contributed by atoms with Crippen LogP contribution >= 0.6 is 0 Å². The van der Waals surface area contributed by atoms with Crippen LogP contribution in [-0.2, 0) is 14.3 Å². The van der Waals surface area contributed by atoms with Gasteiger partial charge in [-0.3, -0.25) is 4.79 Å². The van der Waals surface area contributed by atoms with Crippen LogP contribution in [0.5, 0.6) is 0 Å². The molecule has 2 heterocycles. The SMILES string of the molecule is Cc1[nH]c2ccc(C(=O)O[C@@H](C(=O)N3CCOCC3)c3ccccc3)cc2c1C. The highest BCUT2D eigenvalue weighted by Gasteiger charge is 2.31. The van der Waals surface area contributed by atoms with E-state index in [-0.39, 0.29) is 5.91 Å². The molecule has 0 radical (unpaired) electrons. The normalized spacial score (nSPS) is 15.3. The van der Waals surface area contributed by atoms with E-state index in [1.165, 1.54) is 0 Å². The number of H-pyrrole nitrogens is 1. The molecule has 6 heteroatoms. The van der Waals surface area contributed by atoms with E-state index in [2.05, 4.69) is 4.98 Å². The van der Waals surface area contributed by atoms with Gasteiger partial charge in [-0.2, -0.15) is 0 Å². The number of aromatic nitrogens is 1. The highest BCUT2D eigenvalue weighted by molar-refractivity contribution is 5.97. The zero-order valence-corrected chi connectivity index (χ0v) is 16.6. The molecule has 3 aromatic rings. The van der Waals surface area contributed by atoms with E-state index in [4.69, 9.17) is 9.47 Å². The van der Waals surface area contributed by atoms with Gasteiger partial charge in [-0.25, -0.2) is 4.79 Å². The van der Waals surface area contributed by atoms with Crippen molar-refractivity contribution in [3.8, 4) is 0 Å². The summed E-state index contributed by atoms with van der Waals surface area (Å²) in [7, 11) is 0. The molecule has 0 unspecified atom stereocenters. The van der Waals surface area contributed by atoms with Crippen LogP contribution in [0.3, 0.4) is 0 Å². The van der Waals surface area contributed by atoms with Gasteiger partial charge in [0.1, 0.15) is 0 Å². The van der Waals surface area contributed by atoms with Gasteiger partial charge in [-0.15, -0.1) is 0 Å². The summed E-state index contributed by atoms with van der Waals surface area (Å²) in [6, 6.07) is 14.6. The van der Waals surface area contributed by atoms with Gasteiger partial charge in [-0.05, 0) is 37.6 Å². The van der Waals surface area contributed by atoms with Gasteiger partial charge >= 0.3 is 5.97 Å². The second-order valence-corrected chi connectivity index (χ2v) is 7.27. The number of fused-ring (bicyclic) bond motifs is 1. The average molecular weight is 392 g/mol. The van der Waals surface area contributed by atoms with Crippen molar-refractivity contribution in [2.24, 2.45) is 0 Å². The summed E-state index contributed by atoms with van der Waals surface area (Å²) < 4.78 is 11.1. The summed E-state index contributed by atoms with van der Waals surface area (Å²) in [5, 5.41) is 0.979. The quantitative estimate of drug-likeness (QED) is 0.690. The Morgan fingerprint density at radius 3 is 2.52 bits per heavy atom. The van der Waals surface area contributed by atoms with E-state index in [1.807, 2.05) is 44.2 Å². The predicted molar refractivity (Wildman–Crippen MR) is 110 cm³/mol. The Kier molecular flexibility index (Phi) is 5.36. The van der Waals surface area contributed by atoms with Crippen LogP contribution in [0.4, 0.5) is 0 Å². The number of aryl methyl sites for hydroxylation is 2. The van der Waals surface area contributed by atoms with Gasteiger partial charge in [0.25, 0.3) is 5.91 Å². The van der Waals surface area contributed by atoms with Gasteiger partial charge in [-0.1, -0.05) is 30.3 Å². The Morgan fingerprint density at radius 1 is 1.07 bits per heavy atom. The number of nitrogens with zero attached hydrogens (tertiary/aromatic N) is 1. The Bertz CT molecular complexity index is 1040. The maximum Gasteiger partial charge on any atom is 0.339 e. The topological polar surface area (TPSA) is 71.6 Å². The number of carbonyl (C=O) groups is 2. The summed E-state index contributed by atoms with van der Waals surface area (Å²) >= 11 is 0. The van der Waals surface area contributed by atoms with Crippen molar-refractivity contribution in [2.75, 3.05) is 26.3 Å². The Hall–Kier alpha value is -3.12. The third-order valence-corrected chi connectivity index (χ3v) is 5.42. The van der Waals surface area contributed by atoms with Crippen molar-refractivity contribution in [1.82, 2.24) is 9.88 Å². The zero-order valence-electron chi connectivity index (χ0n) is 16.6. The highest BCUT2D eigenvalue weighted by atomic mass is 16.5. The van der Waals surface area contributed by atoms with E-state index in [9.17, 15) is 9.59 Å². The number of carbonyl (C=O) groups excluding carboxylic acids is 2. The number of aromatic amines is 1. The highest BCUT2D eigenvalue weighted by Crippen LogP contribution is 2.26. The second-order valence-electron chi connectivity index (χ2n) is 7.27. The first-order chi connectivity index (χ1) is 14.0. The fourth-order valence-electron chi connectivity index (χ4n) is 3.60. The maximum atomic E-state index is 13.1. The third kappa shape index (κ3) is 3.89. The molecule has 0 aliphatic carbocycles. The van der Waals surface area contributed by atoms with E-state index in [0.717, 1.165) is 22.2 Å². The number of ether oxygens (including phenoxy) is 2. The minimum Gasteiger partial charge on any atom is -0.444 e. The summed E-state index contributed by atoms with van der Waals surface area (Å²) in [6.45, 7) is 5.98. The molecule has 1 fully saturated rings. The molecule has 1 aliphatic rings. The van der Waals surface area contributed by atoms with Crippen molar-refractivity contribution in [3.05, 3.63) is 70.9 Å². The zero-order chi connectivity index (χ0) is 20.4. The summed E-state index contributed by atoms with van der Waals surface area (Å²) in [5.74, 6) is -0.733. The Morgan fingerprint density at radius 2 is 1.79 bits per heavy atom. The maximum absolute atomic E-state index is 13.1. The molecule has 1 aromatic heterocycles. The lowest BCUT2D eigenvalue weighted by Gasteiger charge is -2.30. The number of amides is 1. The first kappa shape index (κ1) is 19.2. The Labute approximate surface area is 169 Å². The standard InChI is InChI=1S/C23H24N2O4/c1-15-16(2)24-20-9-8-18(14-19(15)20)23(27)29-21(17-6-4-3-5-7-17)22(26)25-10-12-28-13-11-25/h3-9,14,21,24H,10-13H2,1-2H3/t21-/m1/s1. The van der Waals surface area contributed by atoms with Crippen molar-refractivity contribution >= 4 is 22.8 Å². The molecular weight excluding hydrogens is 368 g/mol. The third-order valence-electron chi connectivity index (χ3n) is 5.42.